The van der Waals surface area contributed by atoms with Gasteiger partial charge < -0.3 is 15.3 Å². The second kappa shape index (κ2) is 5.08. The fourth-order valence-electron chi connectivity index (χ4n) is 1.19. The zero-order chi connectivity index (χ0) is 11.3. The van der Waals surface area contributed by atoms with Crippen LogP contribution in [-0.2, 0) is 6.54 Å². The van der Waals surface area contributed by atoms with Gasteiger partial charge in [-0.05, 0) is 11.3 Å². The molecule has 0 radical (unpaired) electrons. The summed E-state index contributed by atoms with van der Waals surface area (Å²) in [6.45, 7) is 2.25. The SMILES string of the molecule is CCC(CCn1ccnc1[N+](=O)[O-])=NO. The van der Waals surface area contributed by atoms with Crippen LogP contribution in [-0.4, -0.2) is 25.4 Å². The van der Waals surface area contributed by atoms with Crippen molar-refractivity contribution in [2.24, 2.45) is 5.16 Å². The average molecular weight is 212 g/mol. The van der Waals surface area contributed by atoms with E-state index in [9.17, 15) is 10.1 Å². The third-order valence-electron chi connectivity index (χ3n) is 2.05. The molecule has 15 heavy (non-hydrogen) atoms. The Morgan fingerprint density at radius 1 is 1.80 bits per heavy atom. The number of oxime groups is 1. The lowest BCUT2D eigenvalue weighted by Crippen LogP contribution is -2.07. The molecule has 1 heterocycles. The maximum Gasteiger partial charge on any atom is 0.434 e. The van der Waals surface area contributed by atoms with Crippen LogP contribution in [0, 0.1) is 10.1 Å². The Hall–Kier alpha value is -1.92. The Morgan fingerprint density at radius 2 is 2.53 bits per heavy atom. The molecule has 0 saturated carbocycles. The molecule has 82 valence electrons. The van der Waals surface area contributed by atoms with Crippen molar-refractivity contribution in [2.75, 3.05) is 0 Å². The molecule has 0 atom stereocenters. The molecule has 0 aromatic carbocycles. The van der Waals surface area contributed by atoms with Crippen LogP contribution in [0.15, 0.2) is 17.5 Å². The highest BCUT2D eigenvalue weighted by molar-refractivity contribution is 5.83. The Morgan fingerprint density at radius 3 is 3.07 bits per heavy atom. The summed E-state index contributed by atoms with van der Waals surface area (Å²) < 4.78 is 1.42. The van der Waals surface area contributed by atoms with Crippen molar-refractivity contribution < 1.29 is 10.1 Å². The Balaban J connectivity index is 2.65. The summed E-state index contributed by atoms with van der Waals surface area (Å²) in [5, 5.41) is 22.2. The van der Waals surface area contributed by atoms with Gasteiger partial charge in [0, 0.05) is 6.42 Å². The third kappa shape index (κ3) is 2.76. The molecule has 1 N–H and O–H groups in total. The second-order valence-electron chi connectivity index (χ2n) is 2.95. The van der Waals surface area contributed by atoms with Gasteiger partial charge in [0.15, 0.2) is 0 Å². The van der Waals surface area contributed by atoms with E-state index in [2.05, 4.69) is 10.1 Å². The fourth-order valence-corrected chi connectivity index (χ4v) is 1.19. The van der Waals surface area contributed by atoms with Crippen LogP contribution in [0.3, 0.4) is 0 Å². The van der Waals surface area contributed by atoms with E-state index in [1.165, 1.54) is 17.0 Å². The first kappa shape index (κ1) is 11.2. The Labute approximate surface area is 86.2 Å². The summed E-state index contributed by atoms with van der Waals surface area (Å²) in [6.07, 6.45) is 4.01. The standard InChI is InChI=1S/C8H12N4O3/c1-2-7(10-13)3-5-11-6-4-9-8(11)12(14)15/h4,6,13H,2-3,5H2,1H3. The number of rotatable bonds is 5. The highest BCUT2D eigenvalue weighted by Gasteiger charge is 2.13. The maximum absolute atomic E-state index is 10.5. The quantitative estimate of drug-likeness (QED) is 0.345. The normalized spacial score (nSPS) is 11.7. The van der Waals surface area contributed by atoms with Gasteiger partial charge in [-0.25, -0.2) is 4.57 Å². The van der Waals surface area contributed by atoms with Gasteiger partial charge in [-0.2, -0.15) is 0 Å². The van der Waals surface area contributed by atoms with E-state index >= 15 is 0 Å². The van der Waals surface area contributed by atoms with Crippen molar-refractivity contribution in [3.8, 4) is 0 Å². The number of imidazole rings is 1. The molecule has 1 aromatic heterocycles. The zero-order valence-electron chi connectivity index (χ0n) is 8.33. The summed E-state index contributed by atoms with van der Waals surface area (Å²) >= 11 is 0. The van der Waals surface area contributed by atoms with Gasteiger partial charge in [-0.1, -0.05) is 17.1 Å². The predicted molar refractivity (Wildman–Crippen MR) is 53.0 cm³/mol. The van der Waals surface area contributed by atoms with E-state index in [0.717, 1.165) is 0 Å². The van der Waals surface area contributed by atoms with Crippen molar-refractivity contribution in [1.82, 2.24) is 9.55 Å². The van der Waals surface area contributed by atoms with E-state index in [-0.39, 0.29) is 5.95 Å². The summed E-state index contributed by atoms with van der Waals surface area (Å²) in [5.41, 5.74) is 0.609. The van der Waals surface area contributed by atoms with Crippen molar-refractivity contribution >= 4 is 11.7 Å². The van der Waals surface area contributed by atoms with Crippen molar-refractivity contribution in [3.63, 3.8) is 0 Å². The summed E-state index contributed by atoms with van der Waals surface area (Å²) in [5.74, 6) is -0.191. The van der Waals surface area contributed by atoms with Gasteiger partial charge >= 0.3 is 5.95 Å². The number of hydrogen-bond donors (Lipinski definition) is 1. The van der Waals surface area contributed by atoms with Gasteiger partial charge in [0.2, 0.25) is 0 Å². The number of aromatic nitrogens is 2. The monoisotopic (exact) mass is 212 g/mol. The molecular formula is C8H12N4O3. The minimum Gasteiger partial charge on any atom is -0.411 e. The Bertz CT molecular complexity index is 372. The van der Waals surface area contributed by atoms with E-state index in [1.54, 1.807) is 0 Å². The smallest absolute Gasteiger partial charge is 0.411 e. The van der Waals surface area contributed by atoms with E-state index in [4.69, 9.17) is 5.21 Å². The molecule has 0 aliphatic heterocycles. The van der Waals surface area contributed by atoms with E-state index in [0.29, 0.717) is 25.1 Å². The summed E-state index contributed by atoms with van der Waals surface area (Å²) in [6, 6.07) is 0. The molecule has 1 rings (SSSR count). The largest absolute Gasteiger partial charge is 0.434 e. The van der Waals surface area contributed by atoms with Gasteiger partial charge in [0.25, 0.3) is 0 Å². The molecule has 0 saturated heterocycles. The number of hydrogen-bond acceptors (Lipinski definition) is 5. The van der Waals surface area contributed by atoms with Crippen LogP contribution in [0.5, 0.6) is 0 Å². The molecule has 1 aromatic rings. The van der Waals surface area contributed by atoms with Crippen molar-refractivity contribution in [3.05, 3.63) is 22.5 Å². The highest BCUT2D eigenvalue weighted by atomic mass is 16.6. The van der Waals surface area contributed by atoms with E-state index in [1.807, 2.05) is 6.92 Å². The first-order valence-corrected chi connectivity index (χ1v) is 4.54. The van der Waals surface area contributed by atoms with Gasteiger partial charge in [0.05, 0.1) is 12.3 Å². The highest BCUT2D eigenvalue weighted by Crippen LogP contribution is 2.08. The van der Waals surface area contributed by atoms with Gasteiger partial charge in [-0.15, -0.1) is 0 Å². The molecule has 0 aliphatic rings. The van der Waals surface area contributed by atoms with Crippen LogP contribution < -0.4 is 0 Å². The first-order chi connectivity index (χ1) is 7.19. The predicted octanol–water partition coefficient (Wildman–Crippen LogP) is 1.42. The number of aryl methyl sites for hydroxylation is 1. The first-order valence-electron chi connectivity index (χ1n) is 4.54. The molecule has 0 bridgehead atoms. The molecular weight excluding hydrogens is 200 g/mol. The van der Waals surface area contributed by atoms with Crippen molar-refractivity contribution in [2.45, 2.75) is 26.3 Å². The van der Waals surface area contributed by atoms with E-state index < -0.39 is 4.92 Å². The molecule has 0 amide bonds. The van der Waals surface area contributed by atoms with Crippen LogP contribution in [0.4, 0.5) is 5.95 Å². The molecule has 7 nitrogen and oxygen atoms in total. The minimum absolute atomic E-state index is 0.191. The third-order valence-corrected chi connectivity index (χ3v) is 2.05. The lowest BCUT2D eigenvalue weighted by atomic mass is 10.2. The molecule has 0 spiro atoms. The van der Waals surface area contributed by atoms with Crippen molar-refractivity contribution in [1.29, 1.82) is 0 Å². The topological polar surface area (TPSA) is 93.5 Å². The fraction of sp³-hybridized carbons (Fsp3) is 0.500. The van der Waals surface area contributed by atoms with Crippen LogP contribution >= 0.6 is 0 Å². The van der Waals surface area contributed by atoms with Crippen LogP contribution in [0.2, 0.25) is 0 Å². The zero-order valence-corrected chi connectivity index (χ0v) is 8.33. The molecule has 0 aliphatic carbocycles. The average Bonchev–Trinajstić information content (AvgIpc) is 2.67. The van der Waals surface area contributed by atoms with Crippen LogP contribution in [0.25, 0.3) is 0 Å². The molecule has 7 heteroatoms. The van der Waals surface area contributed by atoms with Gasteiger partial charge in [0.1, 0.15) is 12.4 Å². The second-order valence-corrected chi connectivity index (χ2v) is 2.95. The minimum atomic E-state index is -0.540. The lowest BCUT2D eigenvalue weighted by Gasteiger charge is -2.01. The molecule has 0 fully saturated rings. The number of nitrogens with zero attached hydrogens (tertiary/aromatic N) is 4. The van der Waals surface area contributed by atoms with Crippen LogP contribution in [0.1, 0.15) is 19.8 Å². The van der Waals surface area contributed by atoms with Gasteiger partial charge in [-0.3, -0.25) is 0 Å². The number of nitro groups is 1. The maximum atomic E-state index is 10.5. The Kier molecular flexibility index (Phi) is 3.78. The summed E-state index contributed by atoms with van der Waals surface area (Å²) in [4.78, 5) is 13.6. The summed E-state index contributed by atoms with van der Waals surface area (Å²) in [7, 11) is 0. The lowest BCUT2D eigenvalue weighted by molar-refractivity contribution is -0.396. The molecule has 0 unspecified atom stereocenters.